The molecule has 1 heterocycles. The minimum Gasteiger partial charge on any atom is -0.490 e. The maximum atomic E-state index is 6.29. The SMILES string of the molecule is CCCOc1c(Cl)cc(CNn2nnnc2N)cc1OCC. The minimum atomic E-state index is 0.180. The molecule has 0 fully saturated rings. The van der Waals surface area contributed by atoms with Crippen LogP contribution in [-0.4, -0.2) is 33.5 Å². The van der Waals surface area contributed by atoms with Gasteiger partial charge in [-0.3, -0.25) is 0 Å². The Morgan fingerprint density at radius 1 is 1.32 bits per heavy atom. The highest BCUT2D eigenvalue weighted by molar-refractivity contribution is 6.32. The van der Waals surface area contributed by atoms with Gasteiger partial charge in [0.2, 0.25) is 0 Å². The fourth-order valence-corrected chi connectivity index (χ4v) is 2.09. The molecule has 1 aromatic carbocycles. The smallest absolute Gasteiger partial charge is 0.260 e. The Balaban J connectivity index is 2.16. The summed E-state index contributed by atoms with van der Waals surface area (Å²) in [5.41, 5.74) is 9.45. The second kappa shape index (κ2) is 7.69. The normalized spacial score (nSPS) is 10.5. The number of anilines is 1. The van der Waals surface area contributed by atoms with Crippen molar-refractivity contribution >= 4 is 17.5 Å². The fraction of sp³-hybridized carbons (Fsp3) is 0.462. The first-order valence-electron chi connectivity index (χ1n) is 7.01. The summed E-state index contributed by atoms with van der Waals surface area (Å²) in [5, 5.41) is 11.2. The molecule has 2 aromatic rings. The van der Waals surface area contributed by atoms with Crippen LogP contribution in [0, 0.1) is 0 Å². The van der Waals surface area contributed by atoms with Gasteiger partial charge in [-0.05, 0) is 41.5 Å². The van der Waals surface area contributed by atoms with Gasteiger partial charge in [-0.2, -0.15) is 0 Å². The number of aromatic nitrogens is 4. The molecule has 3 N–H and O–H groups in total. The lowest BCUT2D eigenvalue weighted by atomic mass is 10.2. The van der Waals surface area contributed by atoms with Crippen LogP contribution in [0.1, 0.15) is 25.8 Å². The zero-order chi connectivity index (χ0) is 15.9. The molecule has 0 amide bonds. The Hall–Kier alpha value is -2.22. The van der Waals surface area contributed by atoms with Crippen LogP contribution in [0.15, 0.2) is 12.1 Å². The van der Waals surface area contributed by atoms with Crippen LogP contribution < -0.4 is 20.6 Å². The quantitative estimate of drug-likeness (QED) is 0.763. The number of ether oxygens (including phenoxy) is 2. The number of hydrogen-bond donors (Lipinski definition) is 2. The molecule has 0 saturated carbocycles. The van der Waals surface area contributed by atoms with Crippen molar-refractivity contribution in [3.05, 3.63) is 22.7 Å². The predicted octanol–water partition coefficient (Wildman–Crippen LogP) is 1.84. The maximum absolute atomic E-state index is 6.29. The first-order chi connectivity index (χ1) is 10.7. The van der Waals surface area contributed by atoms with Gasteiger partial charge in [-0.25, -0.2) is 0 Å². The number of nitrogens with one attached hydrogen (secondary N) is 1. The highest BCUT2D eigenvalue weighted by Crippen LogP contribution is 2.36. The van der Waals surface area contributed by atoms with Crippen molar-refractivity contribution in [1.29, 1.82) is 0 Å². The first-order valence-corrected chi connectivity index (χ1v) is 7.39. The van der Waals surface area contributed by atoms with Crippen LogP contribution in [0.25, 0.3) is 0 Å². The summed E-state index contributed by atoms with van der Waals surface area (Å²) in [6.07, 6.45) is 0.893. The maximum Gasteiger partial charge on any atom is 0.260 e. The molecule has 0 bridgehead atoms. The van der Waals surface area contributed by atoms with Crippen LogP contribution in [0.3, 0.4) is 0 Å². The van der Waals surface area contributed by atoms with E-state index >= 15 is 0 Å². The summed E-state index contributed by atoms with van der Waals surface area (Å²) >= 11 is 6.29. The number of rotatable bonds is 8. The lowest BCUT2D eigenvalue weighted by Gasteiger charge is -2.15. The summed E-state index contributed by atoms with van der Waals surface area (Å²) in [5.74, 6) is 1.36. The van der Waals surface area contributed by atoms with E-state index in [2.05, 4.69) is 21.0 Å². The summed E-state index contributed by atoms with van der Waals surface area (Å²) < 4.78 is 11.3. The lowest BCUT2D eigenvalue weighted by Crippen LogP contribution is -2.18. The Labute approximate surface area is 133 Å². The highest BCUT2D eigenvalue weighted by atomic mass is 35.5. The molecular weight excluding hydrogens is 308 g/mol. The van der Waals surface area contributed by atoms with Crippen LogP contribution in [-0.2, 0) is 6.54 Å². The molecule has 0 atom stereocenters. The van der Waals surface area contributed by atoms with Crippen molar-refractivity contribution in [3.63, 3.8) is 0 Å². The Morgan fingerprint density at radius 3 is 2.77 bits per heavy atom. The van der Waals surface area contributed by atoms with Crippen molar-refractivity contribution in [3.8, 4) is 11.5 Å². The molecule has 0 saturated heterocycles. The number of halogens is 1. The van der Waals surface area contributed by atoms with E-state index in [9.17, 15) is 0 Å². The van der Waals surface area contributed by atoms with E-state index in [-0.39, 0.29) is 5.95 Å². The van der Waals surface area contributed by atoms with Gasteiger partial charge in [0.15, 0.2) is 11.5 Å². The highest BCUT2D eigenvalue weighted by Gasteiger charge is 2.13. The molecule has 9 heteroatoms. The molecular formula is C13H19ClN6O2. The summed E-state index contributed by atoms with van der Waals surface area (Å²) in [4.78, 5) is 1.29. The van der Waals surface area contributed by atoms with Crippen molar-refractivity contribution in [2.24, 2.45) is 0 Å². The Bertz CT molecular complexity index is 619. The van der Waals surface area contributed by atoms with E-state index in [4.69, 9.17) is 26.8 Å². The second-order valence-corrected chi connectivity index (χ2v) is 4.88. The van der Waals surface area contributed by atoms with Gasteiger partial charge >= 0.3 is 0 Å². The third-order valence-electron chi connectivity index (χ3n) is 2.75. The molecule has 0 spiro atoms. The third kappa shape index (κ3) is 3.91. The first kappa shape index (κ1) is 16.2. The Kier molecular flexibility index (Phi) is 5.65. The number of nitrogens with two attached hydrogens (primary N) is 1. The number of tetrazole rings is 1. The van der Waals surface area contributed by atoms with Crippen LogP contribution in [0.4, 0.5) is 5.95 Å². The average molecular weight is 327 g/mol. The molecule has 0 aliphatic rings. The van der Waals surface area contributed by atoms with E-state index in [1.807, 2.05) is 26.0 Å². The monoisotopic (exact) mass is 326 g/mol. The molecule has 8 nitrogen and oxygen atoms in total. The third-order valence-corrected chi connectivity index (χ3v) is 3.03. The van der Waals surface area contributed by atoms with Crippen molar-refractivity contribution in [2.45, 2.75) is 26.8 Å². The summed E-state index contributed by atoms with van der Waals surface area (Å²) in [6.45, 7) is 5.48. The van der Waals surface area contributed by atoms with Crippen LogP contribution in [0.2, 0.25) is 5.02 Å². The van der Waals surface area contributed by atoms with E-state index < -0.39 is 0 Å². The Morgan fingerprint density at radius 2 is 2.14 bits per heavy atom. The van der Waals surface area contributed by atoms with Gasteiger partial charge in [0.25, 0.3) is 5.95 Å². The van der Waals surface area contributed by atoms with Gasteiger partial charge in [0, 0.05) is 0 Å². The zero-order valence-electron chi connectivity index (χ0n) is 12.5. The van der Waals surface area contributed by atoms with Gasteiger partial charge in [0.05, 0.1) is 24.8 Å². The second-order valence-electron chi connectivity index (χ2n) is 4.47. The molecule has 120 valence electrons. The van der Waals surface area contributed by atoms with E-state index in [1.165, 1.54) is 4.79 Å². The molecule has 0 radical (unpaired) electrons. The van der Waals surface area contributed by atoms with Crippen molar-refractivity contribution in [2.75, 3.05) is 24.4 Å². The van der Waals surface area contributed by atoms with E-state index in [0.717, 1.165) is 12.0 Å². The zero-order valence-corrected chi connectivity index (χ0v) is 13.3. The molecule has 0 aliphatic heterocycles. The number of benzene rings is 1. The van der Waals surface area contributed by atoms with Crippen LogP contribution in [0.5, 0.6) is 11.5 Å². The fourth-order valence-electron chi connectivity index (χ4n) is 1.80. The minimum absolute atomic E-state index is 0.180. The number of nitrogens with zero attached hydrogens (tertiary/aromatic N) is 4. The number of hydrogen-bond acceptors (Lipinski definition) is 7. The van der Waals surface area contributed by atoms with Gasteiger partial charge in [-0.15, -0.1) is 4.79 Å². The molecule has 1 aromatic heterocycles. The average Bonchev–Trinajstić information content (AvgIpc) is 2.90. The summed E-state index contributed by atoms with van der Waals surface area (Å²) in [7, 11) is 0. The molecule has 0 aliphatic carbocycles. The van der Waals surface area contributed by atoms with Gasteiger partial charge in [0.1, 0.15) is 0 Å². The van der Waals surface area contributed by atoms with Crippen molar-refractivity contribution < 1.29 is 9.47 Å². The van der Waals surface area contributed by atoms with Crippen molar-refractivity contribution in [1.82, 2.24) is 20.3 Å². The van der Waals surface area contributed by atoms with Gasteiger partial charge in [-0.1, -0.05) is 23.6 Å². The lowest BCUT2D eigenvalue weighted by molar-refractivity contribution is 0.277. The largest absolute Gasteiger partial charge is 0.490 e. The summed E-state index contributed by atoms with van der Waals surface area (Å²) in [6, 6.07) is 3.68. The van der Waals surface area contributed by atoms with E-state index in [1.54, 1.807) is 0 Å². The topological polar surface area (TPSA) is 100 Å². The van der Waals surface area contributed by atoms with Gasteiger partial charge < -0.3 is 20.6 Å². The number of nitrogen functional groups attached to an aromatic ring is 1. The van der Waals surface area contributed by atoms with E-state index in [0.29, 0.717) is 36.3 Å². The van der Waals surface area contributed by atoms with Crippen LogP contribution >= 0.6 is 11.6 Å². The molecule has 22 heavy (non-hydrogen) atoms. The molecule has 2 rings (SSSR count). The molecule has 0 unspecified atom stereocenters. The predicted molar refractivity (Wildman–Crippen MR) is 83.7 cm³/mol. The standard InChI is InChI=1S/C13H19ClN6O2/c1-3-5-22-12-10(14)6-9(7-11(12)21-4-2)8-16-20-13(15)17-18-19-20/h6-7,16H,3-5,8H2,1-2H3,(H2,15,17,19).